The average Bonchev–Trinajstić information content (AvgIpc) is 2.75. The van der Waals surface area contributed by atoms with Crippen molar-refractivity contribution in [2.45, 2.75) is 38.8 Å². The summed E-state index contributed by atoms with van der Waals surface area (Å²) in [5.74, 6) is 0.556. The van der Waals surface area contributed by atoms with Crippen molar-refractivity contribution in [1.82, 2.24) is 15.3 Å². The highest BCUT2D eigenvalue weighted by Crippen LogP contribution is 2.20. The highest BCUT2D eigenvalue weighted by Gasteiger charge is 2.27. The lowest BCUT2D eigenvalue weighted by atomic mass is 10.2. The number of nitrogens with one attached hydrogen (secondary N) is 2. The summed E-state index contributed by atoms with van der Waals surface area (Å²) in [4.78, 5) is 20.7. The lowest BCUT2D eigenvalue weighted by Gasteiger charge is -2.25. The summed E-state index contributed by atoms with van der Waals surface area (Å²) < 4.78 is 0. The van der Waals surface area contributed by atoms with E-state index in [1.54, 1.807) is 12.4 Å². The van der Waals surface area contributed by atoms with Gasteiger partial charge in [0, 0.05) is 37.6 Å². The summed E-state index contributed by atoms with van der Waals surface area (Å²) >= 11 is 0. The lowest BCUT2D eigenvalue weighted by molar-refractivity contribution is 0.521. The van der Waals surface area contributed by atoms with E-state index in [4.69, 9.17) is 0 Å². The molecular weight excluding hydrogens is 216 g/mol. The molecule has 17 heavy (non-hydrogen) atoms. The molecule has 0 amide bonds. The van der Waals surface area contributed by atoms with Gasteiger partial charge in [-0.3, -0.25) is 4.79 Å². The van der Waals surface area contributed by atoms with Crippen molar-refractivity contribution in [3.05, 3.63) is 22.7 Å². The van der Waals surface area contributed by atoms with Gasteiger partial charge in [-0.1, -0.05) is 13.8 Å². The molecule has 0 saturated carbocycles. The van der Waals surface area contributed by atoms with Gasteiger partial charge in [-0.15, -0.1) is 0 Å². The minimum atomic E-state index is -0.0936. The highest BCUT2D eigenvalue weighted by atomic mass is 16.1. The zero-order valence-electron chi connectivity index (χ0n) is 10.4. The zero-order valence-corrected chi connectivity index (χ0v) is 10.4. The van der Waals surface area contributed by atoms with Crippen LogP contribution in [0.25, 0.3) is 0 Å². The van der Waals surface area contributed by atoms with Gasteiger partial charge in [-0.05, 0) is 12.8 Å². The first-order valence-electron chi connectivity index (χ1n) is 6.22. The Morgan fingerprint density at radius 1 is 1.65 bits per heavy atom. The molecule has 5 heteroatoms. The smallest absolute Gasteiger partial charge is 0.290 e. The molecule has 1 aromatic heterocycles. The highest BCUT2D eigenvalue weighted by molar-refractivity contribution is 5.38. The van der Waals surface area contributed by atoms with Crippen LogP contribution in [0.5, 0.6) is 0 Å². The van der Waals surface area contributed by atoms with Crippen LogP contribution < -0.4 is 15.8 Å². The van der Waals surface area contributed by atoms with Crippen molar-refractivity contribution in [3.8, 4) is 0 Å². The van der Waals surface area contributed by atoms with Gasteiger partial charge in [0.05, 0.1) is 0 Å². The van der Waals surface area contributed by atoms with Crippen LogP contribution in [-0.4, -0.2) is 35.1 Å². The number of aromatic nitrogens is 2. The molecule has 0 spiro atoms. The summed E-state index contributed by atoms with van der Waals surface area (Å²) in [6.45, 7) is 6.10. The predicted molar refractivity (Wildman–Crippen MR) is 68.4 cm³/mol. The van der Waals surface area contributed by atoms with Gasteiger partial charge in [-0.2, -0.15) is 0 Å². The fourth-order valence-corrected chi connectivity index (χ4v) is 2.25. The van der Waals surface area contributed by atoms with Crippen LogP contribution >= 0.6 is 0 Å². The van der Waals surface area contributed by atoms with Gasteiger partial charge in [0.2, 0.25) is 0 Å². The van der Waals surface area contributed by atoms with E-state index in [1.807, 2.05) is 0 Å². The van der Waals surface area contributed by atoms with E-state index >= 15 is 0 Å². The van der Waals surface area contributed by atoms with Crippen LogP contribution in [0.3, 0.4) is 0 Å². The molecule has 5 nitrogen and oxygen atoms in total. The Bertz CT molecular complexity index is 415. The number of anilines is 1. The van der Waals surface area contributed by atoms with Crippen LogP contribution in [0.2, 0.25) is 0 Å². The summed E-state index contributed by atoms with van der Waals surface area (Å²) in [6.07, 6.45) is 5.46. The van der Waals surface area contributed by atoms with Crippen molar-refractivity contribution in [2.75, 3.05) is 18.0 Å². The molecule has 1 saturated heterocycles. The largest absolute Gasteiger partial charge is 0.348 e. The normalized spacial score (nSPS) is 20.2. The van der Waals surface area contributed by atoms with Crippen molar-refractivity contribution >= 4 is 5.82 Å². The van der Waals surface area contributed by atoms with Crippen LogP contribution in [0.1, 0.15) is 26.7 Å². The summed E-state index contributed by atoms with van der Waals surface area (Å²) in [7, 11) is 0. The van der Waals surface area contributed by atoms with Gasteiger partial charge >= 0.3 is 0 Å². The van der Waals surface area contributed by atoms with Gasteiger partial charge in [0.25, 0.3) is 5.56 Å². The third-order valence-corrected chi connectivity index (χ3v) is 3.10. The molecule has 2 N–H and O–H groups in total. The number of hydrogen-bond acceptors (Lipinski definition) is 4. The average molecular weight is 236 g/mol. The summed E-state index contributed by atoms with van der Waals surface area (Å²) in [5, 5.41) is 3.42. The lowest BCUT2D eigenvalue weighted by Crippen LogP contribution is -2.42. The SMILES string of the molecule is CC(C)NCC1CCCN1c1ncc[nH]c1=O. The number of nitrogens with zero attached hydrogens (tertiary/aromatic N) is 2. The first-order valence-corrected chi connectivity index (χ1v) is 6.22. The van der Waals surface area contributed by atoms with E-state index in [2.05, 4.69) is 34.0 Å². The van der Waals surface area contributed by atoms with E-state index in [0.717, 1.165) is 25.9 Å². The van der Waals surface area contributed by atoms with E-state index < -0.39 is 0 Å². The molecule has 1 aliphatic heterocycles. The summed E-state index contributed by atoms with van der Waals surface area (Å²) in [5.41, 5.74) is -0.0936. The molecule has 1 aliphatic rings. The second-order valence-corrected chi connectivity index (χ2v) is 4.79. The third kappa shape index (κ3) is 2.85. The second-order valence-electron chi connectivity index (χ2n) is 4.79. The Morgan fingerprint density at radius 3 is 3.18 bits per heavy atom. The van der Waals surface area contributed by atoms with Crippen LogP contribution in [-0.2, 0) is 0 Å². The van der Waals surface area contributed by atoms with Crippen molar-refractivity contribution in [3.63, 3.8) is 0 Å². The molecule has 1 unspecified atom stereocenters. The van der Waals surface area contributed by atoms with Gasteiger partial charge < -0.3 is 15.2 Å². The van der Waals surface area contributed by atoms with Gasteiger partial charge in [-0.25, -0.2) is 4.98 Å². The van der Waals surface area contributed by atoms with Crippen molar-refractivity contribution in [1.29, 1.82) is 0 Å². The van der Waals surface area contributed by atoms with Gasteiger partial charge in [0.1, 0.15) is 0 Å². The molecule has 0 aromatic carbocycles. The zero-order chi connectivity index (χ0) is 12.3. The number of hydrogen-bond donors (Lipinski definition) is 2. The Balaban J connectivity index is 2.09. The molecule has 2 rings (SSSR count). The Labute approximate surface area is 101 Å². The number of rotatable bonds is 4. The maximum Gasteiger partial charge on any atom is 0.290 e. The quantitative estimate of drug-likeness (QED) is 0.809. The monoisotopic (exact) mass is 236 g/mol. The third-order valence-electron chi connectivity index (χ3n) is 3.10. The van der Waals surface area contributed by atoms with Crippen LogP contribution in [0, 0.1) is 0 Å². The number of aromatic amines is 1. The van der Waals surface area contributed by atoms with Crippen molar-refractivity contribution in [2.24, 2.45) is 0 Å². The van der Waals surface area contributed by atoms with Crippen LogP contribution in [0.15, 0.2) is 17.2 Å². The minimum absolute atomic E-state index is 0.0936. The predicted octanol–water partition coefficient (Wildman–Crippen LogP) is 0.737. The summed E-state index contributed by atoms with van der Waals surface area (Å²) in [6, 6.07) is 0.855. The molecule has 1 fully saturated rings. The Kier molecular flexibility index (Phi) is 3.78. The van der Waals surface area contributed by atoms with E-state index in [-0.39, 0.29) is 5.56 Å². The molecule has 0 aliphatic carbocycles. The standard InChI is InChI=1S/C12H20N4O/c1-9(2)15-8-10-4-3-7-16(10)11-12(17)14-6-5-13-11/h5-6,9-10,15H,3-4,7-8H2,1-2H3,(H,14,17). The molecule has 94 valence electrons. The number of H-pyrrole nitrogens is 1. The minimum Gasteiger partial charge on any atom is -0.348 e. The molecule has 0 bridgehead atoms. The van der Waals surface area contributed by atoms with Gasteiger partial charge in [0.15, 0.2) is 5.82 Å². The first-order chi connectivity index (χ1) is 8.18. The topological polar surface area (TPSA) is 61.0 Å². The van der Waals surface area contributed by atoms with E-state index in [1.165, 1.54) is 0 Å². The first kappa shape index (κ1) is 12.1. The maximum absolute atomic E-state index is 11.7. The van der Waals surface area contributed by atoms with Crippen LogP contribution in [0.4, 0.5) is 5.82 Å². The molecule has 1 atom stereocenters. The maximum atomic E-state index is 11.7. The molecule has 1 aromatic rings. The molecule has 0 radical (unpaired) electrons. The van der Waals surface area contributed by atoms with E-state index in [0.29, 0.717) is 17.9 Å². The van der Waals surface area contributed by atoms with E-state index in [9.17, 15) is 4.79 Å². The fraction of sp³-hybridized carbons (Fsp3) is 0.667. The Morgan fingerprint density at radius 2 is 2.47 bits per heavy atom. The second kappa shape index (κ2) is 5.31. The molecule has 2 heterocycles. The Hall–Kier alpha value is -1.36. The fourth-order valence-electron chi connectivity index (χ4n) is 2.25. The van der Waals surface area contributed by atoms with Crippen molar-refractivity contribution < 1.29 is 0 Å². The molecular formula is C12H20N4O.